The highest BCUT2D eigenvalue weighted by molar-refractivity contribution is 14.0. The Hall–Kier alpha value is -1.69. The maximum absolute atomic E-state index is 12.0. The molecule has 0 atom stereocenters. The zero-order valence-corrected chi connectivity index (χ0v) is 18.6. The predicted molar refractivity (Wildman–Crippen MR) is 117 cm³/mol. The number of nitrogens with one attached hydrogen (secondary N) is 3. The molecule has 0 saturated heterocycles. The van der Waals surface area contributed by atoms with E-state index in [-0.39, 0.29) is 29.9 Å². The Labute approximate surface area is 178 Å². The minimum Gasteiger partial charge on any atom is -0.357 e. The Bertz CT molecular complexity index is 718. The highest BCUT2D eigenvalue weighted by Crippen LogP contribution is 2.14. The van der Waals surface area contributed by atoms with Crippen LogP contribution in [-0.2, 0) is 18.4 Å². The van der Waals surface area contributed by atoms with Crippen molar-refractivity contribution in [3.8, 4) is 0 Å². The van der Waals surface area contributed by atoms with Crippen LogP contribution in [0.25, 0.3) is 0 Å². The van der Waals surface area contributed by atoms with Gasteiger partial charge in [0.1, 0.15) is 18.7 Å². The Balaban J connectivity index is 0.00000338. The van der Waals surface area contributed by atoms with E-state index in [9.17, 15) is 4.79 Å². The summed E-state index contributed by atoms with van der Waals surface area (Å²) in [6, 6.07) is 7.47. The average molecular weight is 536 g/mol. The molecule has 2 aromatic rings. The van der Waals surface area contributed by atoms with Gasteiger partial charge >= 0.3 is 0 Å². The van der Waals surface area contributed by atoms with Crippen molar-refractivity contribution in [1.29, 1.82) is 0 Å². The van der Waals surface area contributed by atoms with Gasteiger partial charge in [-0.15, -0.1) is 24.0 Å². The SMILES string of the molecule is CCNC(=NCc1ncnn1C)NCCC(=O)Nc1ccc(Br)cc1.I. The van der Waals surface area contributed by atoms with Crippen LogP contribution in [0.3, 0.4) is 0 Å². The number of guanidine groups is 1. The van der Waals surface area contributed by atoms with Gasteiger partial charge in [-0.05, 0) is 31.2 Å². The number of aryl methyl sites for hydroxylation is 1. The van der Waals surface area contributed by atoms with Gasteiger partial charge in [0.15, 0.2) is 5.96 Å². The monoisotopic (exact) mass is 535 g/mol. The molecule has 0 aliphatic rings. The molecule has 1 heterocycles. The van der Waals surface area contributed by atoms with Gasteiger partial charge in [-0.3, -0.25) is 9.48 Å². The van der Waals surface area contributed by atoms with Crippen LogP contribution in [0.1, 0.15) is 19.2 Å². The van der Waals surface area contributed by atoms with Crippen molar-refractivity contribution in [2.75, 3.05) is 18.4 Å². The summed E-state index contributed by atoms with van der Waals surface area (Å²) in [6.07, 6.45) is 1.84. The quantitative estimate of drug-likeness (QED) is 0.287. The minimum absolute atomic E-state index is 0. The Morgan fingerprint density at radius 3 is 2.62 bits per heavy atom. The number of anilines is 1. The second-order valence-corrected chi connectivity index (χ2v) is 6.14. The van der Waals surface area contributed by atoms with Gasteiger partial charge in [0.05, 0.1) is 0 Å². The molecule has 0 bridgehead atoms. The first-order valence-electron chi connectivity index (χ1n) is 7.99. The number of carbonyl (C=O) groups excluding carboxylic acids is 1. The molecule has 0 fully saturated rings. The lowest BCUT2D eigenvalue weighted by atomic mass is 10.3. The summed E-state index contributed by atoms with van der Waals surface area (Å²) in [5.41, 5.74) is 0.774. The molecule has 1 amide bonds. The molecule has 0 spiro atoms. The Kier molecular flexibility index (Phi) is 10.2. The van der Waals surface area contributed by atoms with Crippen molar-refractivity contribution in [1.82, 2.24) is 25.4 Å². The molecule has 142 valence electrons. The maximum Gasteiger partial charge on any atom is 0.226 e. The summed E-state index contributed by atoms with van der Waals surface area (Å²) < 4.78 is 2.65. The van der Waals surface area contributed by atoms with Crippen LogP contribution in [0.2, 0.25) is 0 Å². The second kappa shape index (κ2) is 11.8. The third-order valence-electron chi connectivity index (χ3n) is 3.30. The van der Waals surface area contributed by atoms with E-state index in [2.05, 4.69) is 47.0 Å². The van der Waals surface area contributed by atoms with E-state index in [0.717, 1.165) is 22.5 Å². The molecule has 2 rings (SSSR count). The van der Waals surface area contributed by atoms with Gasteiger partial charge in [0, 0.05) is 36.7 Å². The standard InChI is InChI=1S/C16H22BrN7O.HI/c1-3-18-16(20-10-14-21-11-22-24(14)2)19-9-8-15(25)23-13-6-4-12(17)5-7-13;/h4-7,11H,3,8-10H2,1-2H3,(H,23,25)(H2,18,19,20);1H. The molecule has 0 unspecified atom stereocenters. The number of hydrogen-bond acceptors (Lipinski definition) is 4. The smallest absolute Gasteiger partial charge is 0.226 e. The fourth-order valence-electron chi connectivity index (χ4n) is 2.01. The van der Waals surface area contributed by atoms with E-state index in [4.69, 9.17) is 0 Å². The largest absolute Gasteiger partial charge is 0.357 e. The molecule has 0 aliphatic heterocycles. The summed E-state index contributed by atoms with van der Waals surface area (Å²) in [5.74, 6) is 1.35. The van der Waals surface area contributed by atoms with Crippen LogP contribution in [0.15, 0.2) is 40.1 Å². The van der Waals surface area contributed by atoms with Crippen LogP contribution in [0.4, 0.5) is 5.69 Å². The lowest BCUT2D eigenvalue weighted by Crippen LogP contribution is -2.38. The molecule has 0 aliphatic carbocycles. The number of nitrogens with zero attached hydrogens (tertiary/aromatic N) is 4. The molecule has 0 saturated carbocycles. The third-order valence-corrected chi connectivity index (χ3v) is 3.83. The summed E-state index contributed by atoms with van der Waals surface area (Å²) >= 11 is 3.36. The maximum atomic E-state index is 12.0. The summed E-state index contributed by atoms with van der Waals surface area (Å²) in [7, 11) is 1.82. The number of aromatic nitrogens is 3. The van der Waals surface area contributed by atoms with Crippen molar-refractivity contribution in [3.63, 3.8) is 0 Å². The first kappa shape index (κ1) is 22.4. The topological polar surface area (TPSA) is 96.2 Å². The zero-order chi connectivity index (χ0) is 18.1. The van der Waals surface area contributed by atoms with E-state index in [0.29, 0.717) is 25.5 Å². The van der Waals surface area contributed by atoms with Crippen LogP contribution >= 0.6 is 39.9 Å². The fourth-order valence-corrected chi connectivity index (χ4v) is 2.27. The van der Waals surface area contributed by atoms with Crippen molar-refractivity contribution >= 4 is 57.5 Å². The third kappa shape index (κ3) is 7.68. The number of halogens is 2. The highest BCUT2D eigenvalue weighted by atomic mass is 127. The number of aliphatic imine (C=N–C) groups is 1. The lowest BCUT2D eigenvalue weighted by Gasteiger charge is -2.11. The molecule has 10 heteroatoms. The number of amides is 1. The Morgan fingerprint density at radius 1 is 1.27 bits per heavy atom. The molecular weight excluding hydrogens is 513 g/mol. The Morgan fingerprint density at radius 2 is 2.00 bits per heavy atom. The van der Waals surface area contributed by atoms with Crippen molar-refractivity contribution in [2.45, 2.75) is 19.9 Å². The van der Waals surface area contributed by atoms with Gasteiger partial charge in [-0.1, -0.05) is 15.9 Å². The fraction of sp³-hybridized carbons (Fsp3) is 0.375. The molecule has 8 nitrogen and oxygen atoms in total. The summed E-state index contributed by atoms with van der Waals surface area (Å²) in [5, 5.41) is 13.1. The summed E-state index contributed by atoms with van der Waals surface area (Å²) in [6.45, 7) is 3.61. The van der Waals surface area contributed by atoms with Crippen molar-refractivity contribution < 1.29 is 4.79 Å². The van der Waals surface area contributed by atoms with Crippen LogP contribution in [0.5, 0.6) is 0 Å². The first-order chi connectivity index (χ1) is 12.1. The van der Waals surface area contributed by atoms with E-state index in [1.807, 2.05) is 38.2 Å². The zero-order valence-electron chi connectivity index (χ0n) is 14.7. The van der Waals surface area contributed by atoms with E-state index >= 15 is 0 Å². The number of carbonyl (C=O) groups is 1. The normalized spacial score (nSPS) is 10.8. The molecule has 0 radical (unpaired) electrons. The minimum atomic E-state index is -0.0565. The molecule has 3 N–H and O–H groups in total. The van der Waals surface area contributed by atoms with Gasteiger partial charge in [0.25, 0.3) is 0 Å². The van der Waals surface area contributed by atoms with E-state index in [1.165, 1.54) is 6.33 Å². The van der Waals surface area contributed by atoms with Crippen LogP contribution in [-0.4, -0.2) is 39.7 Å². The second-order valence-electron chi connectivity index (χ2n) is 5.23. The number of benzene rings is 1. The summed E-state index contributed by atoms with van der Waals surface area (Å²) in [4.78, 5) is 20.6. The van der Waals surface area contributed by atoms with E-state index < -0.39 is 0 Å². The van der Waals surface area contributed by atoms with Gasteiger partial charge < -0.3 is 16.0 Å². The van der Waals surface area contributed by atoms with Crippen molar-refractivity contribution in [3.05, 3.63) is 40.9 Å². The van der Waals surface area contributed by atoms with Gasteiger partial charge in [0.2, 0.25) is 5.91 Å². The molecule has 26 heavy (non-hydrogen) atoms. The highest BCUT2D eigenvalue weighted by Gasteiger charge is 2.05. The van der Waals surface area contributed by atoms with Gasteiger partial charge in [-0.25, -0.2) is 9.98 Å². The molecule has 1 aromatic carbocycles. The average Bonchev–Trinajstić information content (AvgIpc) is 3.00. The number of hydrogen-bond donors (Lipinski definition) is 3. The lowest BCUT2D eigenvalue weighted by molar-refractivity contribution is -0.116. The first-order valence-corrected chi connectivity index (χ1v) is 8.78. The van der Waals surface area contributed by atoms with Crippen LogP contribution < -0.4 is 16.0 Å². The molecular formula is C16H23BrIN7O. The van der Waals surface area contributed by atoms with Crippen molar-refractivity contribution in [2.24, 2.45) is 12.0 Å². The number of rotatable bonds is 7. The van der Waals surface area contributed by atoms with Gasteiger partial charge in [-0.2, -0.15) is 5.10 Å². The van der Waals surface area contributed by atoms with E-state index in [1.54, 1.807) is 4.68 Å². The molecule has 1 aromatic heterocycles. The predicted octanol–water partition coefficient (Wildman–Crippen LogP) is 2.28. The van der Waals surface area contributed by atoms with Crippen LogP contribution in [0, 0.1) is 0 Å².